The first-order valence-corrected chi connectivity index (χ1v) is 11.6. The molecule has 0 aliphatic carbocycles. The summed E-state index contributed by atoms with van der Waals surface area (Å²) in [6.07, 6.45) is 1.54. The SMILES string of the molecule is CCOc1ccc(C(=O)N/N=C/c2cc(Br)c(OCc3ccc(Cl)cc3)c(OCC)c2)cc1. The van der Waals surface area contributed by atoms with Gasteiger partial charge in [-0.1, -0.05) is 23.7 Å². The highest BCUT2D eigenvalue weighted by Crippen LogP contribution is 2.37. The van der Waals surface area contributed by atoms with Gasteiger partial charge in [0.15, 0.2) is 11.5 Å². The number of carbonyl (C=O) groups excluding carboxylic acids is 1. The summed E-state index contributed by atoms with van der Waals surface area (Å²) < 4.78 is 17.8. The summed E-state index contributed by atoms with van der Waals surface area (Å²) in [5.74, 6) is 1.55. The minimum absolute atomic E-state index is 0.318. The van der Waals surface area contributed by atoms with Crippen molar-refractivity contribution in [2.45, 2.75) is 20.5 Å². The second-order valence-electron chi connectivity index (χ2n) is 6.83. The predicted molar refractivity (Wildman–Crippen MR) is 134 cm³/mol. The van der Waals surface area contributed by atoms with Gasteiger partial charge in [0.25, 0.3) is 5.91 Å². The fourth-order valence-corrected chi connectivity index (χ4v) is 3.60. The lowest BCUT2D eigenvalue weighted by Crippen LogP contribution is -2.17. The third-order valence-electron chi connectivity index (χ3n) is 4.44. The molecule has 0 saturated carbocycles. The van der Waals surface area contributed by atoms with Gasteiger partial charge in [-0.2, -0.15) is 5.10 Å². The number of hydrazone groups is 1. The average molecular weight is 532 g/mol. The number of ether oxygens (including phenoxy) is 3. The van der Waals surface area contributed by atoms with Gasteiger partial charge in [0.1, 0.15) is 12.4 Å². The summed E-state index contributed by atoms with van der Waals surface area (Å²) in [6, 6.07) is 18.0. The molecule has 3 aromatic carbocycles. The van der Waals surface area contributed by atoms with Crippen molar-refractivity contribution in [1.82, 2.24) is 5.43 Å². The van der Waals surface area contributed by atoms with Crippen LogP contribution in [0.4, 0.5) is 0 Å². The molecule has 0 aliphatic rings. The smallest absolute Gasteiger partial charge is 0.271 e. The lowest BCUT2D eigenvalue weighted by atomic mass is 10.2. The predicted octanol–water partition coefficient (Wildman–Crippen LogP) is 6.24. The molecular formula is C25H24BrClN2O4. The van der Waals surface area contributed by atoms with E-state index in [0.717, 1.165) is 11.1 Å². The Balaban J connectivity index is 1.67. The van der Waals surface area contributed by atoms with Crippen molar-refractivity contribution >= 4 is 39.7 Å². The molecule has 1 N–H and O–H groups in total. The molecule has 3 rings (SSSR count). The Morgan fingerprint density at radius 3 is 2.36 bits per heavy atom. The maximum absolute atomic E-state index is 12.3. The second-order valence-corrected chi connectivity index (χ2v) is 8.13. The van der Waals surface area contributed by atoms with Crippen LogP contribution in [0.2, 0.25) is 5.02 Å². The number of nitrogens with one attached hydrogen (secondary N) is 1. The molecule has 0 saturated heterocycles. The van der Waals surface area contributed by atoms with E-state index < -0.39 is 0 Å². The molecule has 0 radical (unpaired) electrons. The highest BCUT2D eigenvalue weighted by Gasteiger charge is 2.12. The highest BCUT2D eigenvalue weighted by atomic mass is 79.9. The molecule has 33 heavy (non-hydrogen) atoms. The summed E-state index contributed by atoms with van der Waals surface area (Å²) in [6.45, 7) is 5.21. The van der Waals surface area contributed by atoms with E-state index in [1.165, 1.54) is 0 Å². The van der Waals surface area contributed by atoms with Crippen LogP contribution in [0.25, 0.3) is 0 Å². The first-order chi connectivity index (χ1) is 16.0. The van der Waals surface area contributed by atoms with Gasteiger partial charge < -0.3 is 14.2 Å². The summed E-state index contributed by atoms with van der Waals surface area (Å²) >= 11 is 9.48. The number of nitrogens with zero attached hydrogens (tertiary/aromatic N) is 1. The van der Waals surface area contributed by atoms with Crippen LogP contribution in [0.1, 0.15) is 35.3 Å². The van der Waals surface area contributed by atoms with Crippen LogP contribution in [-0.4, -0.2) is 25.3 Å². The van der Waals surface area contributed by atoms with Gasteiger partial charge in [0.2, 0.25) is 0 Å². The third kappa shape index (κ3) is 7.23. The van der Waals surface area contributed by atoms with Crippen molar-refractivity contribution in [2.75, 3.05) is 13.2 Å². The third-order valence-corrected chi connectivity index (χ3v) is 5.28. The maximum atomic E-state index is 12.3. The van der Waals surface area contributed by atoms with Crippen molar-refractivity contribution in [3.05, 3.63) is 86.8 Å². The Morgan fingerprint density at radius 2 is 1.70 bits per heavy atom. The van der Waals surface area contributed by atoms with Gasteiger partial charge in [0, 0.05) is 10.6 Å². The molecule has 0 fully saturated rings. The molecule has 0 atom stereocenters. The molecular weight excluding hydrogens is 508 g/mol. The molecule has 0 unspecified atom stereocenters. The summed E-state index contributed by atoms with van der Waals surface area (Å²) in [7, 11) is 0. The Kier molecular flexibility index (Phi) is 9.15. The van der Waals surface area contributed by atoms with Crippen molar-refractivity contribution in [1.29, 1.82) is 0 Å². The van der Waals surface area contributed by atoms with E-state index in [4.69, 9.17) is 25.8 Å². The van der Waals surface area contributed by atoms with Gasteiger partial charge >= 0.3 is 0 Å². The fraction of sp³-hybridized carbons (Fsp3) is 0.200. The molecule has 0 spiro atoms. The lowest BCUT2D eigenvalue weighted by Gasteiger charge is -2.14. The number of rotatable bonds is 10. The Labute approximate surface area is 206 Å². The van der Waals surface area contributed by atoms with Crippen molar-refractivity contribution in [3.8, 4) is 17.2 Å². The van der Waals surface area contributed by atoms with E-state index in [-0.39, 0.29) is 5.91 Å². The molecule has 1 amide bonds. The molecule has 8 heteroatoms. The Hall–Kier alpha value is -3.03. The number of hydrogen-bond donors (Lipinski definition) is 1. The summed E-state index contributed by atoms with van der Waals surface area (Å²) in [4.78, 5) is 12.3. The molecule has 0 bridgehead atoms. The van der Waals surface area contributed by atoms with Gasteiger partial charge in [-0.05, 0) is 89.4 Å². The summed E-state index contributed by atoms with van der Waals surface area (Å²) in [5.41, 5.74) is 4.73. The van der Waals surface area contributed by atoms with Crippen LogP contribution in [0.15, 0.2) is 70.2 Å². The zero-order valence-corrected chi connectivity index (χ0v) is 20.7. The van der Waals surface area contributed by atoms with Crippen molar-refractivity contribution in [2.24, 2.45) is 5.10 Å². The standard InChI is InChI=1S/C25H24BrClN2O4/c1-3-31-21-11-7-19(8-12-21)25(30)29-28-15-18-13-22(26)24(23(14-18)32-4-2)33-16-17-5-9-20(27)10-6-17/h5-15H,3-4,16H2,1-2H3,(H,29,30)/b28-15+. The van der Waals surface area contributed by atoms with Crippen LogP contribution in [0, 0.1) is 0 Å². The first kappa shape index (κ1) is 24.6. The van der Waals surface area contributed by atoms with Crippen LogP contribution in [0.3, 0.4) is 0 Å². The number of halogens is 2. The van der Waals surface area contributed by atoms with Crippen molar-refractivity contribution in [3.63, 3.8) is 0 Å². The molecule has 6 nitrogen and oxygen atoms in total. The van der Waals surface area contributed by atoms with Crippen LogP contribution in [0.5, 0.6) is 17.2 Å². The van der Waals surface area contributed by atoms with Crippen LogP contribution >= 0.6 is 27.5 Å². The van der Waals surface area contributed by atoms with Crippen molar-refractivity contribution < 1.29 is 19.0 Å². The van der Waals surface area contributed by atoms with Gasteiger partial charge in [-0.25, -0.2) is 5.43 Å². The highest BCUT2D eigenvalue weighted by molar-refractivity contribution is 9.10. The number of carbonyl (C=O) groups is 1. The fourth-order valence-electron chi connectivity index (χ4n) is 2.90. The molecule has 3 aromatic rings. The Morgan fingerprint density at radius 1 is 1.00 bits per heavy atom. The average Bonchev–Trinajstić information content (AvgIpc) is 2.80. The van der Waals surface area contributed by atoms with E-state index in [0.29, 0.717) is 52.1 Å². The van der Waals surface area contributed by atoms with E-state index in [1.54, 1.807) is 36.5 Å². The largest absolute Gasteiger partial charge is 0.494 e. The number of benzene rings is 3. The molecule has 0 heterocycles. The van der Waals surface area contributed by atoms with E-state index in [2.05, 4.69) is 26.5 Å². The zero-order valence-electron chi connectivity index (χ0n) is 18.3. The minimum Gasteiger partial charge on any atom is -0.494 e. The van der Waals surface area contributed by atoms with E-state index >= 15 is 0 Å². The maximum Gasteiger partial charge on any atom is 0.271 e. The van der Waals surface area contributed by atoms with Crippen LogP contribution in [-0.2, 0) is 6.61 Å². The van der Waals surface area contributed by atoms with E-state index in [9.17, 15) is 4.79 Å². The number of amides is 1. The number of hydrogen-bond acceptors (Lipinski definition) is 5. The first-order valence-electron chi connectivity index (χ1n) is 10.4. The second kappa shape index (κ2) is 12.3. The van der Waals surface area contributed by atoms with E-state index in [1.807, 2.05) is 44.2 Å². The minimum atomic E-state index is -0.318. The normalized spacial score (nSPS) is 10.8. The molecule has 0 aromatic heterocycles. The Bertz CT molecular complexity index is 1100. The molecule has 0 aliphatic heterocycles. The topological polar surface area (TPSA) is 69.2 Å². The lowest BCUT2D eigenvalue weighted by molar-refractivity contribution is 0.0955. The zero-order chi connectivity index (χ0) is 23.6. The van der Waals surface area contributed by atoms with Gasteiger partial charge in [-0.15, -0.1) is 0 Å². The summed E-state index contributed by atoms with van der Waals surface area (Å²) in [5, 5.41) is 4.74. The molecule has 172 valence electrons. The van der Waals surface area contributed by atoms with Gasteiger partial charge in [-0.3, -0.25) is 4.79 Å². The van der Waals surface area contributed by atoms with Gasteiger partial charge in [0.05, 0.1) is 23.9 Å². The quantitative estimate of drug-likeness (QED) is 0.248. The van der Waals surface area contributed by atoms with Crippen LogP contribution < -0.4 is 19.6 Å². The monoisotopic (exact) mass is 530 g/mol.